The molecule has 2 amide bonds. The normalized spacial score (nSPS) is 10.7. The summed E-state index contributed by atoms with van der Waals surface area (Å²) >= 11 is 0. The van der Waals surface area contributed by atoms with Crippen LogP contribution in [0.4, 0.5) is 0 Å². The van der Waals surface area contributed by atoms with E-state index in [1.165, 1.54) is 18.4 Å². The summed E-state index contributed by atoms with van der Waals surface area (Å²) in [5, 5.41) is 0.856. The average Bonchev–Trinajstić information content (AvgIpc) is 3.03. The van der Waals surface area contributed by atoms with Crippen molar-refractivity contribution in [2.75, 3.05) is 0 Å². The van der Waals surface area contributed by atoms with Gasteiger partial charge in [-0.2, -0.15) is 0 Å². The van der Waals surface area contributed by atoms with Crippen molar-refractivity contribution in [3.05, 3.63) is 71.4 Å². The number of aromatic nitrogens is 1. The minimum Gasteiger partial charge on any atom is -0.350 e. The number of carbonyl (C=O) groups excluding carboxylic acids is 2. The Balaban J connectivity index is 1.56. The van der Waals surface area contributed by atoms with E-state index in [9.17, 15) is 9.59 Å². The number of carbonyl (C=O) groups is 2. The van der Waals surface area contributed by atoms with Crippen molar-refractivity contribution in [1.29, 1.82) is 0 Å². The molecule has 0 saturated carbocycles. The van der Waals surface area contributed by atoms with E-state index in [0.717, 1.165) is 22.9 Å². The molecule has 5 heteroatoms. The molecule has 0 aliphatic heterocycles. The van der Waals surface area contributed by atoms with Crippen molar-refractivity contribution in [3.63, 3.8) is 0 Å². The molecule has 0 radical (unpaired) electrons. The van der Waals surface area contributed by atoms with Crippen molar-refractivity contribution in [1.82, 2.24) is 15.4 Å². The predicted molar refractivity (Wildman–Crippen MR) is 107 cm³/mol. The molecule has 0 spiro atoms. The number of para-hydroxylation sites is 1. The quantitative estimate of drug-likeness (QED) is 0.658. The average molecular weight is 363 g/mol. The first-order chi connectivity index (χ1) is 13.1. The van der Waals surface area contributed by atoms with E-state index in [2.05, 4.69) is 29.9 Å². The first kappa shape index (κ1) is 18.7. The first-order valence-corrected chi connectivity index (χ1v) is 9.29. The number of benzene rings is 2. The Labute approximate surface area is 159 Å². The molecule has 3 aromatic rings. The molecular weight excluding hydrogens is 338 g/mol. The zero-order valence-electron chi connectivity index (χ0n) is 15.8. The second kappa shape index (κ2) is 8.54. The molecule has 0 saturated heterocycles. The fraction of sp³-hybridized carbons (Fsp3) is 0.273. The summed E-state index contributed by atoms with van der Waals surface area (Å²) in [4.78, 5) is 24.6. The minimum absolute atomic E-state index is 0.226. The van der Waals surface area contributed by atoms with Gasteiger partial charge in [-0.25, -0.2) is 0 Å². The Kier molecular flexibility index (Phi) is 5.91. The van der Waals surface area contributed by atoms with Gasteiger partial charge in [0.1, 0.15) is 0 Å². The van der Waals surface area contributed by atoms with Gasteiger partial charge in [0.25, 0.3) is 5.91 Å². The number of fused-ring (bicyclic) bond motifs is 1. The molecule has 2 aromatic carbocycles. The number of rotatable bonds is 6. The fourth-order valence-electron chi connectivity index (χ4n) is 3.15. The highest BCUT2D eigenvalue weighted by molar-refractivity contribution is 6.07. The van der Waals surface area contributed by atoms with Crippen LogP contribution in [0.25, 0.3) is 10.9 Å². The van der Waals surface area contributed by atoms with E-state index in [0.29, 0.717) is 5.56 Å². The number of amides is 2. The zero-order valence-corrected chi connectivity index (χ0v) is 15.8. The van der Waals surface area contributed by atoms with Gasteiger partial charge < -0.3 is 4.57 Å². The maximum Gasteiger partial charge on any atom is 0.271 e. The number of aryl methyl sites for hydroxylation is 2. The van der Waals surface area contributed by atoms with Gasteiger partial charge in [-0.3, -0.25) is 20.4 Å². The summed E-state index contributed by atoms with van der Waals surface area (Å²) in [5.74, 6) is -0.569. The van der Waals surface area contributed by atoms with Crippen LogP contribution in [0.2, 0.25) is 0 Å². The van der Waals surface area contributed by atoms with Crippen LogP contribution < -0.4 is 10.9 Å². The molecular formula is C22H25N3O2. The van der Waals surface area contributed by atoms with Crippen LogP contribution in [-0.2, 0) is 24.7 Å². The molecule has 0 aliphatic carbocycles. The van der Waals surface area contributed by atoms with Crippen molar-refractivity contribution >= 4 is 22.7 Å². The molecule has 0 atom stereocenters. The number of nitrogens with zero attached hydrogens (tertiary/aromatic N) is 1. The summed E-state index contributed by atoms with van der Waals surface area (Å²) in [7, 11) is 1.89. The molecule has 0 unspecified atom stereocenters. The second-order valence-corrected chi connectivity index (χ2v) is 6.77. The van der Waals surface area contributed by atoms with Gasteiger partial charge in [-0.1, -0.05) is 55.8 Å². The maximum atomic E-state index is 12.4. The number of hydrogen-bond acceptors (Lipinski definition) is 2. The largest absolute Gasteiger partial charge is 0.350 e. The summed E-state index contributed by atoms with van der Waals surface area (Å²) in [5.41, 5.74) is 8.73. The molecule has 1 heterocycles. The Bertz CT molecular complexity index is 942. The van der Waals surface area contributed by atoms with E-state index in [-0.39, 0.29) is 18.2 Å². The van der Waals surface area contributed by atoms with Gasteiger partial charge in [0.15, 0.2) is 0 Å². The van der Waals surface area contributed by atoms with E-state index in [1.54, 1.807) is 6.20 Å². The Morgan fingerprint density at radius 1 is 0.963 bits per heavy atom. The number of unbranched alkanes of at least 4 members (excludes halogenated alkanes) is 1. The number of nitrogens with one attached hydrogen (secondary N) is 2. The van der Waals surface area contributed by atoms with Crippen molar-refractivity contribution in [2.24, 2.45) is 7.05 Å². The molecule has 27 heavy (non-hydrogen) atoms. The second-order valence-electron chi connectivity index (χ2n) is 6.77. The lowest BCUT2D eigenvalue weighted by Gasteiger charge is -2.08. The smallest absolute Gasteiger partial charge is 0.271 e. The topological polar surface area (TPSA) is 63.1 Å². The Morgan fingerprint density at radius 2 is 1.67 bits per heavy atom. The Hall–Kier alpha value is -3.08. The van der Waals surface area contributed by atoms with Gasteiger partial charge in [-0.05, 0) is 30.0 Å². The van der Waals surface area contributed by atoms with Crippen LogP contribution in [0.3, 0.4) is 0 Å². The zero-order chi connectivity index (χ0) is 19.2. The van der Waals surface area contributed by atoms with Gasteiger partial charge in [0.05, 0.1) is 12.0 Å². The van der Waals surface area contributed by atoms with Gasteiger partial charge in [-0.15, -0.1) is 0 Å². The molecule has 1 aromatic heterocycles. The summed E-state index contributed by atoms with van der Waals surface area (Å²) in [6, 6.07) is 15.7. The van der Waals surface area contributed by atoms with E-state index in [4.69, 9.17) is 0 Å². The molecule has 0 fully saturated rings. The van der Waals surface area contributed by atoms with Gasteiger partial charge >= 0.3 is 0 Å². The molecule has 2 N–H and O–H groups in total. The summed E-state index contributed by atoms with van der Waals surface area (Å²) < 4.78 is 1.90. The summed E-state index contributed by atoms with van der Waals surface area (Å²) in [6.45, 7) is 2.17. The number of hydrogen-bond donors (Lipinski definition) is 2. The molecule has 0 bridgehead atoms. The lowest BCUT2D eigenvalue weighted by atomic mass is 10.0. The number of hydrazine groups is 1. The van der Waals surface area contributed by atoms with Crippen LogP contribution in [0, 0.1) is 0 Å². The fourth-order valence-corrected chi connectivity index (χ4v) is 3.15. The van der Waals surface area contributed by atoms with Crippen LogP contribution in [0.15, 0.2) is 54.7 Å². The van der Waals surface area contributed by atoms with Gasteiger partial charge in [0.2, 0.25) is 5.91 Å². The lowest BCUT2D eigenvalue weighted by molar-refractivity contribution is -0.121. The minimum atomic E-state index is -0.324. The third kappa shape index (κ3) is 4.56. The molecule has 5 nitrogen and oxygen atoms in total. The highest BCUT2D eigenvalue weighted by Gasteiger charge is 2.14. The lowest BCUT2D eigenvalue weighted by Crippen LogP contribution is -2.42. The van der Waals surface area contributed by atoms with Crippen molar-refractivity contribution in [3.8, 4) is 0 Å². The molecule has 3 rings (SSSR count). The van der Waals surface area contributed by atoms with E-state index in [1.807, 2.05) is 48.0 Å². The molecule has 140 valence electrons. The van der Waals surface area contributed by atoms with E-state index < -0.39 is 0 Å². The monoisotopic (exact) mass is 363 g/mol. The van der Waals surface area contributed by atoms with Crippen LogP contribution in [-0.4, -0.2) is 16.4 Å². The van der Waals surface area contributed by atoms with E-state index >= 15 is 0 Å². The highest BCUT2D eigenvalue weighted by atomic mass is 16.2. The predicted octanol–water partition coefficient (Wildman–Crippen LogP) is 3.52. The maximum absolute atomic E-state index is 12.4. The summed E-state index contributed by atoms with van der Waals surface area (Å²) in [6.07, 6.45) is 5.38. The van der Waals surface area contributed by atoms with Crippen molar-refractivity contribution < 1.29 is 9.59 Å². The highest BCUT2D eigenvalue weighted by Crippen LogP contribution is 2.19. The molecule has 0 aliphatic rings. The standard InChI is InChI=1S/C22H25N3O2/c1-3-4-7-16-10-12-17(13-11-16)14-21(26)23-24-22(27)19-15-25(2)20-9-6-5-8-18(19)20/h5-6,8-13,15H,3-4,7,14H2,1-2H3,(H,23,26)(H,24,27). The first-order valence-electron chi connectivity index (χ1n) is 9.29. The van der Waals surface area contributed by atoms with Crippen LogP contribution in [0.5, 0.6) is 0 Å². The Morgan fingerprint density at radius 3 is 2.41 bits per heavy atom. The van der Waals surface area contributed by atoms with Crippen LogP contribution in [0.1, 0.15) is 41.3 Å². The van der Waals surface area contributed by atoms with Gasteiger partial charge in [0, 0.05) is 24.1 Å². The van der Waals surface area contributed by atoms with Crippen LogP contribution >= 0.6 is 0 Å². The third-order valence-corrected chi connectivity index (χ3v) is 4.66. The van der Waals surface area contributed by atoms with Crippen molar-refractivity contribution in [2.45, 2.75) is 32.6 Å². The third-order valence-electron chi connectivity index (χ3n) is 4.66. The SMILES string of the molecule is CCCCc1ccc(CC(=O)NNC(=O)c2cn(C)c3ccccc23)cc1.